The van der Waals surface area contributed by atoms with Gasteiger partial charge >= 0.3 is 0 Å². The molecule has 0 spiro atoms. The van der Waals surface area contributed by atoms with Gasteiger partial charge in [-0.2, -0.15) is 0 Å². The smallest absolute Gasteiger partial charge is 0.156 e. The summed E-state index contributed by atoms with van der Waals surface area (Å²) in [6.45, 7) is 3.38. The zero-order valence-electron chi connectivity index (χ0n) is 10.3. The summed E-state index contributed by atoms with van der Waals surface area (Å²) >= 11 is 2.33. The number of nitrogens with zero attached hydrogens (tertiary/aromatic N) is 2. The largest absolute Gasteiger partial charge is 0.373 e. The molecular weight excluding hydrogens is 329 g/mol. The molecule has 0 bridgehead atoms. The van der Waals surface area contributed by atoms with Gasteiger partial charge in [-0.3, -0.25) is 0 Å². The third kappa shape index (κ3) is 3.28. The molecule has 1 aromatic heterocycles. The SMILES string of the molecule is CCCOCc1nc(NC)c(I)c(C2CC2)n1. The maximum absolute atomic E-state index is 5.51. The maximum Gasteiger partial charge on any atom is 0.156 e. The number of anilines is 1. The molecule has 0 atom stereocenters. The first-order valence-electron chi connectivity index (χ1n) is 6.08. The van der Waals surface area contributed by atoms with Crippen LogP contribution in [0.3, 0.4) is 0 Å². The van der Waals surface area contributed by atoms with Gasteiger partial charge in [-0.1, -0.05) is 6.92 Å². The van der Waals surface area contributed by atoms with E-state index in [1.54, 1.807) is 0 Å². The molecule has 0 unspecified atom stereocenters. The summed E-state index contributed by atoms with van der Waals surface area (Å²) < 4.78 is 6.67. The third-order valence-corrected chi connectivity index (χ3v) is 3.77. The average molecular weight is 347 g/mol. The highest BCUT2D eigenvalue weighted by atomic mass is 127. The summed E-state index contributed by atoms with van der Waals surface area (Å²) in [5.41, 5.74) is 1.19. The lowest BCUT2D eigenvalue weighted by molar-refractivity contribution is 0.116. The average Bonchev–Trinajstić information content (AvgIpc) is 3.15. The number of aromatic nitrogens is 2. The molecule has 1 aromatic rings. The van der Waals surface area contributed by atoms with Gasteiger partial charge in [0.2, 0.25) is 0 Å². The number of hydrogen-bond acceptors (Lipinski definition) is 4. The van der Waals surface area contributed by atoms with E-state index < -0.39 is 0 Å². The predicted octanol–water partition coefficient (Wildman–Crippen LogP) is 2.93. The summed E-state index contributed by atoms with van der Waals surface area (Å²) in [5, 5.41) is 3.13. The van der Waals surface area contributed by atoms with Crippen LogP contribution in [-0.4, -0.2) is 23.6 Å². The van der Waals surface area contributed by atoms with Crippen molar-refractivity contribution in [2.24, 2.45) is 0 Å². The Hall–Kier alpha value is -0.430. The Labute approximate surface area is 116 Å². The molecule has 1 aliphatic carbocycles. The van der Waals surface area contributed by atoms with Gasteiger partial charge in [-0.25, -0.2) is 9.97 Å². The topological polar surface area (TPSA) is 47.0 Å². The summed E-state index contributed by atoms with van der Waals surface area (Å²) in [5.74, 6) is 2.37. The number of halogens is 1. The lowest BCUT2D eigenvalue weighted by Crippen LogP contribution is -2.08. The Morgan fingerprint density at radius 2 is 2.18 bits per heavy atom. The standard InChI is InChI=1S/C12H18IN3O/c1-3-6-17-7-9-15-11(8-4-5-8)10(13)12(14-2)16-9/h8H,3-7H2,1-2H3,(H,14,15,16). The second kappa shape index (κ2) is 5.95. The molecule has 4 nitrogen and oxygen atoms in total. The van der Waals surface area contributed by atoms with Crippen molar-refractivity contribution in [1.29, 1.82) is 0 Å². The maximum atomic E-state index is 5.51. The Balaban J connectivity index is 2.17. The predicted molar refractivity (Wildman–Crippen MR) is 76.2 cm³/mol. The van der Waals surface area contributed by atoms with Crippen molar-refractivity contribution in [1.82, 2.24) is 9.97 Å². The summed E-state index contributed by atoms with van der Waals surface area (Å²) in [6, 6.07) is 0. The van der Waals surface area contributed by atoms with Crippen molar-refractivity contribution >= 4 is 28.4 Å². The van der Waals surface area contributed by atoms with Crippen LogP contribution in [0.4, 0.5) is 5.82 Å². The van der Waals surface area contributed by atoms with E-state index in [9.17, 15) is 0 Å². The van der Waals surface area contributed by atoms with Crippen LogP contribution < -0.4 is 5.32 Å². The first-order valence-corrected chi connectivity index (χ1v) is 7.16. The Kier molecular flexibility index (Phi) is 4.55. The number of hydrogen-bond donors (Lipinski definition) is 1. The number of nitrogens with one attached hydrogen (secondary N) is 1. The van der Waals surface area contributed by atoms with Crippen LogP contribution in [-0.2, 0) is 11.3 Å². The number of rotatable bonds is 6. The first kappa shape index (κ1) is 13.0. The Morgan fingerprint density at radius 1 is 1.41 bits per heavy atom. The summed E-state index contributed by atoms with van der Waals surface area (Å²) in [4.78, 5) is 9.11. The fourth-order valence-electron chi connectivity index (χ4n) is 1.68. The van der Waals surface area contributed by atoms with Crippen LogP contribution in [0.25, 0.3) is 0 Å². The highest BCUT2D eigenvalue weighted by molar-refractivity contribution is 14.1. The minimum atomic E-state index is 0.513. The van der Waals surface area contributed by atoms with Crippen LogP contribution in [0.5, 0.6) is 0 Å². The molecule has 1 heterocycles. The van der Waals surface area contributed by atoms with Crippen molar-refractivity contribution in [2.45, 2.75) is 38.7 Å². The minimum Gasteiger partial charge on any atom is -0.373 e. The molecule has 1 N–H and O–H groups in total. The van der Waals surface area contributed by atoms with Gasteiger partial charge < -0.3 is 10.1 Å². The Morgan fingerprint density at radius 3 is 2.76 bits per heavy atom. The normalized spacial score (nSPS) is 15.0. The minimum absolute atomic E-state index is 0.513. The lowest BCUT2D eigenvalue weighted by Gasteiger charge is -2.10. The molecule has 17 heavy (non-hydrogen) atoms. The van der Waals surface area contributed by atoms with Gasteiger partial charge in [-0.05, 0) is 41.9 Å². The molecular formula is C12H18IN3O. The third-order valence-electron chi connectivity index (χ3n) is 2.70. The zero-order valence-corrected chi connectivity index (χ0v) is 12.5. The van der Waals surface area contributed by atoms with Crippen LogP contribution >= 0.6 is 22.6 Å². The lowest BCUT2D eigenvalue weighted by atomic mass is 10.2. The Bertz CT molecular complexity index is 394. The van der Waals surface area contributed by atoms with Crippen molar-refractivity contribution in [3.8, 4) is 0 Å². The summed E-state index contributed by atoms with van der Waals surface area (Å²) in [6.07, 6.45) is 3.54. The fourth-order valence-corrected chi connectivity index (χ4v) is 2.63. The fraction of sp³-hybridized carbons (Fsp3) is 0.667. The highest BCUT2D eigenvalue weighted by Gasteiger charge is 2.29. The summed E-state index contributed by atoms with van der Waals surface area (Å²) in [7, 11) is 1.90. The van der Waals surface area contributed by atoms with Crippen molar-refractivity contribution in [3.05, 3.63) is 15.1 Å². The van der Waals surface area contributed by atoms with Gasteiger partial charge in [0.1, 0.15) is 12.4 Å². The molecule has 0 radical (unpaired) electrons. The van der Waals surface area contributed by atoms with Crippen molar-refractivity contribution < 1.29 is 4.74 Å². The second-order valence-electron chi connectivity index (χ2n) is 4.26. The van der Waals surface area contributed by atoms with Gasteiger partial charge in [0.25, 0.3) is 0 Å². The first-order chi connectivity index (χ1) is 8.26. The molecule has 1 aliphatic rings. The van der Waals surface area contributed by atoms with Gasteiger partial charge in [-0.15, -0.1) is 0 Å². The molecule has 94 valence electrons. The molecule has 5 heteroatoms. The second-order valence-corrected chi connectivity index (χ2v) is 5.34. The number of ether oxygens (including phenoxy) is 1. The van der Waals surface area contributed by atoms with Crippen molar-refractivity contribution in [2.75, 3.05) is 19.0 Å². The molecule has 1 fully saturated rings. The van der Waals surface area contributed by atoms with Crippen LogP contribution in [0.2, 0.25) is 0 Å². The molecule has 2 rings (SSSR count). The van der Waals surface area contributed by atoms with E-state index in [2.05, 4.69) is 44.8 Å². The van der Waals surface area contributed by atoms with Gasteiger partial charge in [0.15, 0.2) is 5.82 Å². The molecule has 0 aliphatic heterocycles. The quantitative estimate of drug-likeness (QED) is 0.635. The van der Waals surface area contributed by atoms with Crippen LogP contribution in [0.1, 0.15) is 43.6 Å². The molecule has 1 saturated carbocycles. The monoisotopic (exact) mass is 347 g/mol. The van der Waals surface area contributed by atoms with Gasteiger partial charge in [0, 0.05) is 19.6 Å². The van der Waals surface area contributed by atoms with E-state index in [0.29, 0.717) is 12.5 Å². The van der Waals surface area contributed by atoms with E-state index in [1.165, 1.54) is 18.5 Å². The zero-order chi connectivity index (χ0) is 12.3. The van der Waals surface area contributed by atoms with Crippen molar-refractivity contribution in [3.63, 3.8) is 0 Å². The van der Waals surface area contributed by atoms with E-state index in [4.69, 9.17) is 4.74 Å². The van der Waals surface area contributed by atoms with Crippen LogP contribution in [0, 0.1) is 3.57 Å². The highest BCUT2D eigenvalue weighted by Crippen LogP contribution is 2.42. The van der Waals surface area contributed by atoms with Crippen LogP contribution in [0.15, 0.2) is 0 Å². The molecule has 0 aromatic carbocycles. The molecule has 0 saturated heterocycles. The van der Waals surface area contributed by atoms with E-state index in [-0.39, 0.29) is 0 Å². The van der Waals surface area contributed by atoms with E-state index >= 15 is 0 Å². The van der Waals surface area contributed by atoms with Gasteiger partial charge in [0.05, 0.1) is 9.26 Å². The van der Waals surface area contributed by atoms with E-state index in [0.717, 1.165) is 28.2 Å². The molecule has 0 amide bonds. The van der Waals surface area contributed by atoms with E-state index in [1.807, 2.05) is 7.05 Å².